The van der Waals surface area contributed by atoms with E-state index < -0.39 is 21.6 Å². The molecule has 0 bridgehead atoms. The van der Waals surface area contributed by atoms with Crippen LogP contribution in [0.25, 0.3) is 0 Å². The Morgan fingerprint density at radius 3 is 2.35 bits per heavy atom. The van der Waals surface area contributed by atoms with Crippen molar-refractivity contribution in [3.8, 4) is 0 Å². The summed E-state index contributed by atoms with van der Waals surface area (Å²) in [5.41, 5.74) is -0.931. The summed E-state index contributed by atoms with van der Waals surface area (Å²) in [4.78, 5) is 11.6. The highest BCUT2D eigenvalue weighted by molar-refractivity contribution is 7.87. The van der Waals surface area contributed by atoms with Crippen LogP contribution in [-0.2, 0) is 15.0 Å². The van der Waals surface area contributed by atoms with Gasteiger partial charge in [0.2, 0.25) is 0 Å². The van der Waals surface area contributed by atoms with Crippen molar-refractivity contribution in [2.75, 3.05) is 19.6 Å². The molecule has 1 aliphatic heterocycles. The van der Waals surface area contributed by atoms with Crippen LogP contribution in [0.4, 0.5) is 0 Å². The smallest absolute Gasteiger partial charge is 0.310 e. The molecule has 0 unspecified atom stereocenters. The Labute approximate surface area is 120 Å². The number of carboxylic acid groups (broad SMARTS) is 1. The van der Waals surface area contributed by atoms with Gasteiger partial charge in [0.15, 0.2) is 0 Å². The molecule has 2 aliphatic rings. The number of hydrogen-bond donors (Lipinski definition) is 2. The summed E-state index contributed by atoms with van der Waals surface area (Å²) < 4.78 is 28.2. The standard InChI is InChI=1S/C13H24N2O4S/c1-11-4-6-13(7-5-11,12(16)17)10-14-20(18,19)15-8-2-3-9-15/h11,14H,2-10H2,1H3,(H,16,17). The molecule has 2 fully saturated rings. The van der Waals surface area contributed by atoms with Gasteiger partial charge in [-0.2, -0.15) is 12.7 Å². The molecule has 0 aromatic rings. The van der Waals surface area contributed by atoms with Gasteiger partial charge in [-0.1, -0.05) is 6.92 Å². The summed E-state index contributed by atoms with van der Waals surface area (Å²) in [6.45, 7) is 3.19. The summed E-state index contributed by atoms with van der Waals surface area (Å²) in [6, 6.07) is 0. The second-order valence-corrected chi connectivity index (χ2v) is 7.96. The number of carbonyl (C=O) groups is 1. The fourth-order valence-electron chi connectivity index (χ4n) is 3.03. The van der Waals surface area contributed by atoms with Crippen molar-refractivity contribution in [3.05, 3.63) is 0 Å². The van der Waals surface area contributed by atoms with E-state index in [2.05, 4.69) is 11.6 Å². The van der Waals surface area contributed by atoms with Crippen LogP contribution in [0.15, 0.2) is 0 Å². The molecule has 1 saturated heterocycles. The summed E-state index contributed by atoms with van der Waals surface area (Å²) >= 11 is 0. The second-order valence-electron chi connectivity index (χ2n) is 6.20. The molecule has 20 heavy (non-hydrogen) atoms. The van der Waals surface area contributed by atoms with Crippen LogP contribution in [0.2, 0.25) is 0 Å². The van der Waals surface area contributed by atoms with Crippen LogP contribution in [0.1, 0.15) is 45.4 Å². The highest BCUT2D eigenvalue weighted by atomic mass is 32.2. The second kappa shape index (κ2) is 5.99. The Kier molecular flexibility index (Phi) is 4.71. The molecular formula is C13H24N2O4S. The molecular weight excluding hydrogens is 280 g/mol. The van der Waals surface area contributed by atoms with Gasteiger partial charge in [0.25, 0.3) is 10.2 Å². The molecule has 2 rings (SSSR count). The van der Waals surface area contributed by atoms with Gasteiger partial charge in [-0.25, -0.2) is 4.72 Å². The lowest BCUT2D eigenvalue weighted by Crippen LogP contribution is -2.48. The van der Waals surface area contributed by atoms with Crippen molar-refractivity contribution >= 4 is 16.2 Å². The third-order valence-electron chi connectivity index (χ3n) is 4.68. The zero-order valence-corrected chi connectivity index (χ0v) is 12.8. The molecule has 0 radical (unpaired) electrons. The van der Waals surface area contributed by atoms with E-state index in [1.807, 2.05) is 0 Å². The Bertz CT molecular complexity index is 449. The van der Waals surface area contributed by atoms with Crippen LogP contribution in [0, 0.1) is 11.3 Å². The van der Waals surface area contributed by atoms with E-state index in [1.165, 1.54) is 4.31 Å². The molecule has 116 valence electrons. The van der Waals surface area contributed by atoms with Crippen LogP contribution in [-0.4, -0.2) is 43.4 Å². The first-order valence-corrected chi connectivity index (χ1v) is 8.78. The molecule has 0 amide bonds. The van der Waals surface area contributed by atoms with E-state index in [1.54, 1.807) is 0 Å². The fraction of sp³-hybridized carbons (Fsp3) is 0.923. The first-order valence-electron chi connectivity index (χ1n) is 7.34. The summed E-state index contributed by atoms with van der Waals surface area (Å²) in [7, 11) is -3.52. The summed E-state index contributed by atoms with van der Waals surface area (Å²) in [5, 5.41) is 9.49. The Morgan fingerprint density at radius 1 is 1.30 bits per heavy atom. The molecule has 0 atom stereocenters. The third kappa shape index (κ3) is 3.32. The molecule has 7 heteroatoms. The minimum Gasteiger partial charge on any atom is -0.481 e. The lowest BCUT2D eigenvalue weighted by molar-refractivity contribution is -0.151. The quantitative estimate of drug-likeness (QED) is 0.799. The zero-order valence-electron chi connectivity index (χ0n) is 12.0. The number of rotatable bonds is 5. The zero-order chi connectivity index (χ0) is 14.8. The van der Waals surface area contributed by atoms with E-state index in [0.717, 1.165) is 25.7 Å². The number of nitrogens with one attached hydrogen (secondary N) is 1. The van der Waals surface area contributed by atoms with Crippen LogP contribution in [0.5, 0.6) is 0 Å². The maximum atomic E-state index is 12.1. The topological polar surface area (TPSA) is 86.7 Å². The lowest BCUT2D eigenvalue weighted by Gasteiger charge is -2.36. The molecule has 6 nitrogen and oxygen atoms in total. The predicted octanol–water partition coefficient (Wildman–Crippen LogP) is 1.20. The minimum absolute atomic E-state index is 0.00782. The number of carboxylic acids is 1. The highest BCUT2D eigenvalue weighted by Crippen LogP contribution is 2.38. The van der Waals surface area contributed by atoms with Gasteiger partial charge in [0, 0.05) is 19.6 Å². The van der Waals surface area contributed by atoms with Crippen LogP contribution in [0.3, 0.4) is 0 Å². The molecule has 0 spiro atoms. The molecule has 0 aromatic heterocycles. The van der Waals surface area contributed by atoms with Gasteiger partial charge in [-0.05, 0) is 44.4 Å². The maximum Gasteiger partial charge on any atom is 0.310 e. The molecule has 2 N–H and O–H groups in total. The Balaban J connectivity index is 2.00. The summed E-state index contributed by atoms with van der Waals surface area (Å²) in [6.07, 6.45) is 4.54. The van der Waals surface area contributed by atoms with Gasteiger partial charge in [0.05, 0.1) is 5.41 Å². The first kappa shape index (κ1) is 15.7. The first-order chi connectivity index (χ1) is 9.36. The summed E-state index contributed by atoms with van der Waals surface area (Å²) in [5.74, 6) is -0.355. The number of aliphatic carboxylic acids is 1. The van der Waals surface area contributed by atoms with Gasteiger partial charge in [-0.15, -0.1) is 0 Å². The van der Waals surface area contributed by atoms with E-state index >= 15 is 0 Å². The lowest BCUT2D eigenvalue weighted by atomic mass is 9.71. The maximum absolute atomic E-state index is 12.1. The highest BCUT2D eigenvalue weighted by Gasteiger charge is 2.42. The van der Waals surface area contributed by atoms with Crippen LogP contribution >= 0.6 is 0 Å². The van der Waals surface area contributed by atoms with Gasteiger partial charge < -0.3 is 5.11 Å². The van der Waals surface area contributed by atoms with Gasteiger partial charge >= 0.3 is 5.97 Å². The molecule has 1 heterocycles. The number of hydrogen-bond acceptors (Lipinski definition) is 3. The normalized spacial score (nSPS) is 32.4. The van der Waals surface area contributed by atoms with Crippen molar-refractivity contribution in [1.82, 2.24) is 9.03 Å². The van der Waals surface area contributed by atoms with Crippen molar-refractivity contribution < 1.29 is 18.3 Å². The van der Waals surface area contributed by atoms with Crippen molar-refractivity contribution in [1.29, 1.82) is 0 Å². The van der Waals surface area contributed by atoms with Crippen molar-refractivity contribution in [2.45, 2.75) is 45.4 Å². The van der Waals surface area contributed by atoms with E-state index in [9.17, 15) is 18.3 Å². The van der Waals surface area contributed by atoms with Crippen molar-refractivity contribution in [2.24, 2.45) is 11.3 Å². The van der Waals surface area contributed by atoms with Gasteiger partial charge in [-0.3, -0.25) is 4.79 Å². The molecule has 1 saturated carbocycles. The average molecular weight is 304 g/mol. The predicted molar refractivity (Wildman–Crippen MR) is 75.4 cm³/mol. The molecule has 0 aromatic carbocycles. The van der Waals surface area contributed by atoms with Crippen LogP contribution < -0.4 is 4.72 Å². The number of nitrogens with zero attached hydrogens (tertiary/aromatic N) is 1. The minimum atomic E-state index is -3.52. The molecule has 1 aliphatic carbocycles. The monoisotopic (exact) mass is 304 g/mol. The fourth-order valence-corrected chi connectivity index (χ4v) is 4.41. The van der Waals surface area contributed by atoms with E-state index in [0.29, 0.717) is 31.8 Å². The van der Waals surface area contributed by atoms with Gasteiger partial charge in [0.1, 0.15) is 0 Å². The Hall–Kier alpha value is -0.660. The SMILES string of the molecule is CC1CCC(CNS(=O)(=O)N2CCCC2)(C(=O)O)CC1. The average Bonchev–Trinajstić information content (AvgIpc) is 2.93. The van der Waals surface area contributed by atoms with E-state index in [4.69, 9.17) is 0 Å². The third-order valence-corrected chi connectivity index (χ3v) is 6.24. The van der Waals surface area contributed by atoms with Crippen molar-refractivity contribution in [3.63, 3.8) is 0 Å². The largest absolute Gasteiger partial charge is 0.481 e. The van der Waals surface area contributed by atoms with E-state index in [-0.39, 0.29) is 6.54 Å². The Morgan fingerprint density at radius 2 is 1.85 bits per heavy atom.